The van der Waals surface area contributed by atoms with Crippen LogP contribution in [0.2, 0.25) is 0 Å². The van der Waals surface area contributed by atoms with Crippen molar-refractivity contribution in [2.45, 2.75) is 18.9 Å². The highest BCUT2D eigenvalue weighted by atomic mass is 19.1. The number of aliphatic hydroxyl groups is 1. The Balaban J connectivity index is 1.59. The molecule has 1 heterocycles. The Morgan fingerprint density at radius 2 is 2.00 bits per heavy atom. The molecule has 1 aromatic heterocycles. The van der Waals surface area contributed by atoms with Gasteiger partial charge in [0, 0.05) is 11.6 Å². The molecule has 3 rings (SSSR count). The van der Waals surface area contributed by atoms with Crippen LogP contribution < -0.4 is 10.1 Å². The number of benzene rings is 2. The fourth-order valence-electron chi connectivity index (χ4n) is 2.72. The Morgan fingerprint density at radius 3 is 2.71 bits per heavy atom. The summed E-state index contributed by atoms with van der Waals surface area (Å²) in [4.78, 5) is 12.2. The number of halogens is 1. The standard InChI is InChI=1S/C21H21FN2O4/c1-21(26,15-6-8-16(22)9-7-15)13-23-20(25)12-17-11-19(28-24-17)14-4-3-5-18(10-14)27-2/h3-11,26H,12-13H2,1-2H3,(H,23,25). The molecule has 1 atom stereocenters. The maximum atomic E-state index is 13.0. The first-order valence-electron chi connectivity index (χ1n) is 8.72. The number of carbonyl (C=O) groups excluding carboxylic acids is 1. The van der Waals surface area contributed by atoms with Gasteiger partial charge in [-0.05, 0) is 36.8 Å². The number of nitrogens with one attached hydrogen (secondary N) is 1. The highest BCUT2D eigenvalue weighted by Gasteiger charge is 2.24. The van der Waals surface area contributed by atoms with E-state index < -0.39 is 5.60 Å². The van der Waals surface area contributed by atoms with Crippen molar-refractivity contribution >= 4 is 5.91 Å². The summed E-state index contributed by atoms with van der Waals surface area (Å²) in [7, 11) is 1.58. The smallest absolute Gasteiger partial charge is 0.226 e. The Hall–Kier alpha value is -3.19. The first-order chi connectivity index (χ1) is 13.4. The maximum Gasteiger partial charge on any atom is 0.226 e. The van der Waals surface area contributed by atoms with Crippen LogP contribution in [0.5, 0.6) is 5.75 Å². The largest absolute Gasteiger partial charge is 0.497 e. The quantitative estimate of drug-likeness (QED) is 0.654. The molecule has 0 bridgehead atoms. The number of rotatable bonds is 7. The Bertz CT molecular complexity index is 951. The van der Waals surface area contributed by atoms with Gasteiger partial charge in [0.1, 0.15) is 17.2 Å². The zero-order chi connectivity index (χ0) is 20.1. The van der Waals surface area contributed by atoms with Crippen molar-refractivity contribution in [3.63, 3.8) is 0 Å². The van der Waals surface area contributed by atoms with Crippen molar-refractivity contribution in [1.29, 1.82) is 0 Å². The summed E-state index contributed by atoms with van der Waals surface area (Å²) in [6.07, 6.45) is 0.00691. The van der Waals surface area contributed by atoms with Crippen LogP contribution in [0, 0.1) is 5.82 Å². The second-order valence-electron chi connectivity index (χ2n) is 6.65. The number of nitrogens with zero attached hydrogens (tertiary/aromatic N) is 1. The van der Waals surface area contributed by atoms with Gasteiger partial charge in [-0.1, -0.05) is 29.4 Å². The summed E-state index contributed by atoms with van der Waals surface area (Å²) < 4.78 is 23.5. The van der Waals surface area contributed by atoms with Gasteiger partial charge < -0.3 is 19.7 Å². The summed E-state index contributed by atoms with van der Waals surface area (Å²) in [5, 5.41) is 17.1. The summed E-state index contributed by atoms with van der Waals surface area (Å²) in [5.74, 6) is 0.519. The molecule has 0 fully saturated rings. The molecule has 0 aliphatic rings. The molecule has 146 valence electrons. The molecule has 7 heteroatoms. The van der Waals surface area contributed by atoms with Crippen LogP contribution in [0.1, 0.15) is 18.2 Å². The van der Waals surface area contributed by atoms with Gasteiger partial charge in [-0.15, -0.1) is 0 Å². The van der Waals surface area contributed by atoms with E-state index in [9.17, 15) is 14.3 Å². The summed E-state index contributed by atoms with van der Waals surface area (Å²) >= 11 is 0. The molecule has 2 N–H and O–H groups in total. The zero-order valence-corrected chi connectivity index (χ0v) is 15.6. The third-order valence-corrected chi connectivity index (χ3v) is 4.35. The van der Waals surface area contributed by atoms with Gasteiger partial charge in [0.15, 0.2) is 5.76 Å². The minimum absolute atomic E-state index is 0.00691. The lowest BCUT2D eigenvalue weighted by Crippen LogP contribution is -2.39. The fraction of sp³-hybridized carbons (Fsp3) is 0.238. The van der Waals surface area contributed by atoms with Gasteiger partial charge in [0.25, 0.3) is 0 Å². The first kappa shape index (κ1) is 19.6. The monoisotopic (exact) mass is 384 g/mol. The molecule has 0 spiro atoms. The molecule has 0 saturated heterocycles. The second kappa shape index (κ2) is 8.22. The lowest BCUT2D eigenvalue weighted by molar-refractivity contribution is -0.121. The van der Waals surface area contributed by atoms with Crippen LogP contribution in [-0.2, 0) is 16.8 Å². The van der Waals surface area contributed by atoms with E-state index in [0.29, 0.717) is 22.8 Å². The number of ether oxygens (including phenoxy) is 1. The second-order valence-corrected chi connectivity index (χ2v) is 6.65. The van der Waals surface area contributed by atoms with Gasteiger partial charge >= 0.3 is 0 Å². The average molecular weight is 384 g/mol. The average Bonchev–Trinajstić information content (AvgIpc) is 3.15. The predicted molar refractivity (Wildman–Crippen MR) is 101 cm³/mol. The molecular weight excluding hydrogens is 363 g/mol. The number of amides is 1. The highest BCUT2D eigenvalue weighted by Crippen LogP contribution is 2.24. The SMILES string of the molecule is COc1cccc(-c2cc(CC(=O)NCC(C)(O)c3ccc(F)cc3)no2)c1. The van der Waals surface area contributed by atoms with E-state index in [2.05, 4.69) is 10.5 Å². The number of methoxy groups -OCH3 is 1. The van der Waals surface area contributed by atoms with Gasteiger partial charge in [-0.2, -0.15) is 0 Å². The van der Waals surface area contributed by atoms with Crippen molar-refractivity contribution in [2.24, 2.45) is 0 Å². The molecule has 0 aliphatic heterocycles. The topological polar surface area (TPSA) is 84.6 Å². The first-order valence-corrected chi connectivity index (χ1v) is 8.72. The molecule has 6 nitrogen and oxygen atoms in total. The molecule has 0 radical (unpaired) electrons. The third-order valence-electron chi connectivity index (χ3n) is 4.35. The van der Waals surface area contributed by atoms with E-state index in [1.807, 2.05) is 24.3 Å². The molecule has 2 aromatic carbocycles. The highest BCUT2D eigenvalue weighted by molar-refractivity contribution is 5.78. The summed E-state index contributed by atoms with van der Waals surface area (Å²) in [6.45, 7) is 1.54. The van der Waals surface area contributed by atoms with Crippen LogP contribution in [0.25, 0.3) is 11.3 Å². The number of aromatic nitrogens is 1. The van der Waals surface area contributed by atoms with Crippen molar-refractivity contribution in [3.8, 4) is 17.1 Å². The minimum atomic E-state index is -1.32. The summed E-state index contributed by atoms with van der Waals surface area (Å²) in [5.41, 5.74) is 0.448. The van der Waals surface area contributed by atoms with Crippen LogP contribution in [-0.4, -0.2) is 29.8 Å². The number of hydrogen-bond acceptors (Lipinski definition) is 5. The Kier molecular flexibility index (Phi) is 5.75. The van der Waals surface area contributed by atoms with E-state index in [1.165, 1.54) is 24.3 Å². The molecule has 28 heavy (non-hydrogen) atoms. The van der Waals surface area contributed by atoms with Crippen molar-refractivity contribution < 1.29 is 23.6 Å². The Labute approximate surface area is 161 Å². The van der Waals surface area contributed by atoms with Crippen LogP contribution in [0.4, 0.5) is 4.39 Å². The van der Waals surface area contributed by atoms with E-state index in [-0.39, 0.29) is 24.7 Å². The molecular formula is C21H21FN2O4. The van der Waals surface area contributed by atoms with Gasteiger partial charge in [-0.3, -0.25) is 4.79 Å². The predicted octanol–water partition coefficient (Wildman–Crippen LogP) is 3.06. The van der Waals surface area contributed by atoms with E-state index in [4.69, 9.17) is 9.26 Å². The van der Waals surface area contributed by atoms with Crippen molar-refractivity contribution in [2.75, 3.05) is 13.7 Å². The van der Waals surface area contributed by atoms with Gasteiger partial charge in [0.05, 0.1) is 25.8 Å². The molecule has 3 aromatic rings. The number of carbonyl (C=O) groups is 1. The molecule has 1 unspecified atom stereocenters. The lowest BCUT2D eigenvalue weighted by Gasteiger charge is -2.24. The van der Waals surface area contributed by atoms with Crippen LogP contribution >= 0.6 is 0 Å². The minimum Gasteiger partial charge on any atom is -0.497 e. The summed E-state index contributed by atoms with van der Waals surface area (Å²) in [6, 6.07) is 14.5. The normalized spacial score (nSPS) is 13.0. The molecule has 0 aliphatic carbocycles. The van der Waals surface area contributed by atoms with Gasteiger partial charge in [-0.25, -0.2) is 4.39 Å². The van der Waals surface area contributed by atoms with Crippen molar-refractivity contribution in [1.82, 2.24) is 10.5 Å². The third kappa shape index (κ3) is 4.75. The van der Waals surface area contributed by atoms with E-state index >= 15 is 0 Å². The molecule has 1 amide bonds. The van der Waals surface area contributed by atoms with E-state index in [1.54, 1.807) is 20.1 Å². The van der Waals surface area contributed by atoms with Crippen molar-refractivity contribution in [3.05, 3.63) is 71.7 Å². The van der Waals surface area contributed by atoms with Crippen LogP contribution in [0.15, 0.2) is 59.1 Å². The van der Waals surface area contributed by atoms with E-state index in [0.717, 1.165) is 5.56 Å². The fourth-order valence-corrected chi connectivity index (χ4v) is 2.72. The molecule has 0 saturated carbocycles. The van der Waals surface area contributed by atoms with Gasteiger partial charge in [0.2, 0.25) is 5.91 Å². The lowest BCUT2D eigenvalue weighted by atomic mass is 9.96. The Morgan fingerprint density at radius 1 is 1.25 bits per heavy atom. The number of hydrogen-bond donors (Lipinski definition) is 2. The zero-order valence-electron chi connectivity index (χ0n) is 15.6. The maximum absolute atomic E-state index is 13.0. The van der Waals surface area contributed by atoms with Crippen LogP contribution in [0.3, 0.4) is 0 Å².